The molecule has 2 rings (SSSR count). The second-order valence-electron chi connectivity index (χ2n) is 5.27. The molecule has 2 N–H and O–H groups in total. The standard InChI is InChI=1S/C13H23NO2/c1-2-3-4-5-6-13(15)7-11-9-16-10-12(8-13)14-11/h2,11-12,14-15H,1,3-10H2. The number of allylic oxidation sites excluding steroid dienone is 1. The van der Waals surface area contributed by atoms with Crippen LogP contribution in [-0.2, 0) is 4.74 Å². The van der Waals surface area contributed by atoms with Crippen LogP contribution in [0, 0.1) is 0 Å². The molecule has 2 aliphatic heterocycles. The molecule has 0 amide bonds. The van der Waals surface area contributed by atoms with Crippen molar-refractivity contribution in [2.75, 3.05) is 13.2 Å². The number of nitrogens with one attached hydrogen (secondary N) is 1. The smallest absolute Gasteiger partial charge is 0.0679 e. The zero-order valence-corrected chi connectivity index (χ0v) is 9.95. The Bertz CT molecular complexity index is 230. The van der Waals surface area contributed by atoms with Crippen molar-refractivity contribution in [1.29, 1.82) is 0 Å². The molecule has 3 nitrogen and oxygen atoms in total. The molecule has 0 aromatic rings. The maximum atomic E-state index is 10.6. The van der Waals surface area contributed by atoms with Crippen LogP contribution in [0.25, 0.3) is 0 Å². The summed E-state index contributed by atoms with van der Waals surface area (Å²) in [4.78, 5) is 0. The van der Waals surface area contributed by atoms with E-state index in [0.29, 0.717) is 12.1 Å². The highest BCUT2D eigenvalue weighted by Crippen LogP contribution is 2.32. The van der Waals surface area contributed by atoms with E-state index in [9.17, 15) is 5.11 Å². The third-order valence-electron chi connectivity index (χ3n) is 3.66. The van der Waals surface area contributed by atoms with Crippen LogP contribution in [0.1, 0.15) is 38.5 Å². The molecule has 2 unspecified atom stereocenters. The maximum Gasteiger partial charge on any atom is 0.0679 e. The molecule has 2 bridgehead atoms. The van der Waals surface area contributed by atoms with Gasteiger partial charge in [0.1, 0.15) is 0 Å². The highest BCUT2D eigenvalue weighted by atomic mass is 16.5. The molecule has 0 aromatic heterocycles. The summed E-state index contributed by atoms with van der Waals surface area (Å²) < 4.78 is 5.49. The minimum absolute atomic E-state index is 0.358. The molecule has 0 radical (unpaired) electrons. The van der Waals surface area contributed by atoms with Gasteiger partial charge in [0.05, 0.1) is 18.8 Å². The Balaban J connectivity index is 1.80. The summed E-state index contributed by atoms with van der Waals surface area (Å²) >= 11 is 0. The van der Waals surface area contributed by atoms with Gasteiger partial charge in [-0.3, -0.25) is 0 Å². The van der Waals surface area contributed by atoms with E-state index >= 15 is 0 Å². The van der Waals surface area contributed by atoms with E-state index in [-0.39, 0.29) is 0 Å². The van der Waals surface area contributed by atoms with Gasteiger partial charge in [-0.05, 0) is 32.1 Å². The van der Waals surface area contributed by atoms with Gasteiger partial charge in [0.25, 0.3) is 0 Å². The maximum absolute atomic E-state index is 10.6. The molecule has 0 aliphatic carbocycles. The van der Waals surface area contributed by atoms with Crippen molar-refractivity contribution in [3.8, 4) is 0 Å². The first-order chi connectivity index (χ1) is 7.72. The Morgan fingerprint density at radius 1 is 1.31 bits per heavy atom. The van der Waals surface area contributed by atoms with Gasteiger partial charge in [-0.1, -0.05) is 12.5 Å². The zero-order chi connectivity index (χ0) is 11.4. The molecule has 2 fully saturated rings. The van der Waals surface area contributed by atoms with Gasteiger partial charge in [0.15, 0.2) is 0 Å². The van der Waals surface area contributed by atoms with E-state index in [1.54, 1.807) is 0 Å². The average molecular weight is 225 g/mol. The summed E-state index contributed by atoms with van der Waals surface area (Å²) in [7, 11) is 0. The number of piperidine rings is 1. The van der Waals surface area contributed by atoms with Gasteiger partial charge in [-0.15, -0.1) is 6.58 Å². The monoisotopic (exact) mass is 225 g/mol. The fraction of sp³-hybridized carbons (Fsp3) is 0.846. The quantitative estimate of drug-likeness (QED) is 0.552. The molecular weight excluding hydrogens is 202 g/mol. The zero-order valence-electron chi connectivity index (χ0n) is 9.95. The van der Waals surface area contributed by atoms with Crippen molar-refractivity contribution < 1.29 is 9.84 Å². The summed E-state index contributed by atoms with van der Waals surface area (Å²) in [6, 6.07) is 0.716. The van der Waals surface area contributed by atoms with E-state index in [1.165, 1.54) is 0 Å². The van der Waals surface area contributed by atoms with Crippen LogP contribution in [0.15, 0.2) is 12.7 Å². The van der Waals surface area contributed by atoms with Gasteiger partial charge >= 0.3 is 0 Å². The predicted octanol–water partition coefficient (Wildman–Crippen LogP) is 1.61. The first-order valence-corrected chi connectivity index (χ1v) is 6.39. The summed E-state index contributed by atoms with van der Waals surface area (Å²) in [6.07, 6.45) is 7.87. The summed E-state index contributed by atoms with van der Waals surface area (Å²) in [6.45, 7) is 5.23. The van der Waals surface area contributed by atoms with Crippen LogP contribution in [0.4, 0.5) is 0 Å². The number of fused-ring (bicyclic) bond motifs is 2. The van der Waals surface area contributed by atoms with E-state index < -0.39 is 5.60 Å². The highest BCUT2D eigenvalue weighted by molar-refractivity contribution is 4.97. The fourth-order valence-electron chi connectivity index (χ4n) is 2.97. The number of unbranched alkanes of at least 4 members (excludes halogenated alkanes) is 2. The number of aliphatic hydroxyl groups is 1. The Kier molecular flexibility index (Phi) is 4.00. The van der Waals surface area contributed by atoms with Crippen molar-refractivity contribution in [3.05, 3.63) is 12.7 Å². The second-order valence-corrected chi connectivity index (χ2v) is 5.27. The van der Waals surface area contributed by atoms with Crippen molar-refractivity contribution in [2.45, 2.75) is 56.2 Å². The Labute approximate surface area is 97.9 Å². The minimum Gasteiger partial charge on any atom is -0.390 e. The molecule has 2 aliphatic rings. The predicted molar refractivity (Wildman–Crippen MR) is 64.4 cm³/mol. The molecule has 2 atom stereocenters. The molecule has 0 aromatic carbocycles. The lowest BCUT2D eigenvalue weighted by atomic mass is 9.79. The van der Waals surface area contributed by atoms with Crippen LogP contribution in [0.3, 0.4) is 0 Å². The Morgan fingerprint density at radius 2 is 2.00 bits per heavy atom. The van der Waals surface area contributed by atoms with Gasteiger partial charge in [0, 0.05) is 12.1 Å². The topological polar surface area (TPSA) is 41.5 Å². The number of rotatable bonds is 5. The molecule has 2 saturated heterocycles. The number of ether oxygens (including phenoxy) is 1. The van der Waals surface area contributed by atoms with Crippen LogP contribution in [0.2, 0.25) is 0 Å². The lowest BCUT2D eigenvalue weighted by molar-refractivity contribution is -0.0807. The largest absolute Gasteiger partial charge is 0.390 e. The molecular formula is C13H23NO2. The fourth-order valence-corrected chi connectivity index (χ4v) is 2.97. The van der Waals surface area contributed by atoms with Crippen molar-refractivity contribution >= 4 is 0 Å². The van der Waals surface area contributed by atoms with Crippen molar-refractivity contribution in [1.82, 2.24) is 5.32 Å². The first kappa shape index (κ1) is 12.1. The van der Waals surface area contributed by atoms with Gasteiger partial charge in [-0.25, -0.2) is 0 Å². The van der Waals surface area contributed by atoms with Crippen LogP contribution in [0.5, 0.6) is 0 Å². The normalized spacial score (nSPS) is 38.3. The average Bonchev–Trinajstić information content (AvgIpc) is 2.24. The molecule has 92 valence electrons. The van der Waals surface area contributed by atoms with Crippen LogP contribution < -0.4 is 5.32 Å². The van der Waals surface area contributed by atoms with Gasteiger partial charge in [-0.2, -0.15) is 0 Å². The summed E-state index contributed by atoms with van der Waals surface area (Å²) in [5.74, 6) is 0. The van der Waals surface area contributed by atoms with Gasteiger partial charge in [0.2, 0.25) is 0 Å². The highest BCUT2D eigenvalue weighted by Gasteiger charge is 2.40. The Morgan fingerprint density at radius 3 is 2.62 bits per heavy atom. The van der Waals surface area contributed by atoms with E-state index in [4.69, 9.17) is 4.74 Å². The van der Waals surface area contributed by atoms with Crippen molar-refractivity contribution in [3.63, 3.8) is 0 Å². The third-order valence-corrected chi connectivity index (χ3v) is 3.66. The Hall–Kier alpha value is -0.380. The number of hydrogen-bond donors (Lipinski definition) is 2. The summed E-state index contributed by atoms with van der Waals surface area (Å²) in [5.41, 5.74) is -0.453. The lowest BCUT2D eigenvalue weighted by Gasteiger charge is -2.45. The summed E-state index contributed by atoms with van der Waals surface area (Å²) in [5, 5.41) is 14.1. The van der Waals surface area contributed by atoms with Crippen LogP contribution in [-0.4, -0.2) is 36.0 Å². The minimum atomic E-state index is -0.453. The van der Waals surface area contributed by atoms with Crippen molar-refractivity contribution in [2.24, 2.45) is 0 Å². The lowest BCUT2D eigenvalue weighted by Crippen LogP contribution is -2.59. The van der Waals surface area contributed by atoms with Crippen LogP contribution >= 0.6 is 0 Å². The molecule has 0 spiro atoms. The van der Waals surface area contributed by atoms with Gasteiger partial charge < -0.3 is 15.2 Å². The molecule has 16 heavy (non-hydrogen) atoms. The van der Waals surface area contributed by atoms with E-state index in [0.717, 1.165) is 51.7 Å². The second kappa shape index (κ2) is 5.30. The SMILES string of the molecule is C=CCCCCC1(O)CC2COCC(C1)N2. The number of morpholine rings is 1. The molecule has 3 heteroatoms. The van der Waals surface area contributed by atoms with E-state index in [1.807, 2.05) is 6.08 Å². The molecule has 2 heterocycles. The first-order valence-electron chi connectivity index (χ1n) is 6.39. The van der Waals surface area contributed by atoms with E-state index in [2.05, 4.69) is 11.9 Å². The number of hydrogen-bond acceptors (Lipinski definition) is 3. The molecule has 0 saturated carbocycles. The third kappa shape index (κ3) is 3.06.